The Kier molecular flexibility index (Phi) is 8.68. The highest BCUT2D eigenvalue weighted by molar-refractivity contribution is 14.1. The van der Waals surface area contributed by atoms with Gasteiger partial charge >= 0.3 is 0 Å². The van der Waals surface area contributed by atoms with Crippen molar-refractivity contribution in [3.05, 3.63) is 50.4 Å². The molecule has 1 aliphatic rings. The third-order valence-electron chi connectivity index (χ3n) is 4.43. The van der Waals surface area contributed by atoms with E-state index >= 15 is 0 Å². The lowest BCUT2D eigenvalue weighted by Gasteiger charge is -2.15. The van der Waals surface area contributed by atoms with Gasteiger partial charge in [-0.15, -0.1) is 0 Å². The van der Waals surface area contributed by atoms with E-state index in [9.17, 15) is 9.59 Å². The van der Waals surface area contributed by atoms with Gasteiger partial charge in [-0.3, -0.25) is 14.5 Å². The van der Waals surface area contributed by atoms with E-state index in [1.54, 1.807) is 25.3 Å². The van der Waals surface area contributed by atoms with Crippen molar-refractivity contribution >= 4 is 51.6 Å². The van der Waals surface area contributed by atoms with Crippen molar-refractivity contribution in [3.8, 4) is 23.0 Å². The summed E-state index contributed by atoms with van der Waals surface area (Å²) in [7, 11) is 1.56. The van der Waals surface area contributed by atoms with Crippen molar-refractivity contribution in [1.82, 2.24) is 4.90 Å². The molecule has 0 saturated carbocycles. The van der Waals surface area contributed by atoms with Crippen molar-refractivity contribution in [2.75, 3.05) is 33.5 Å². The van der Waals surface area contributed by atoms with E-state index < -0.39 is 0 Å². The molecule has 0 radical (unpaired) electrons. The van der Waals surface area contributed by atoms with Crippen LogP contribution in [0.4, 0.5) is 4.79 Å². The largest absolute Gasteiger partial charge is 0.493 e. The highest BCUT2D eigenvalue weighted by Gasteiger charge is 2.35. The fourth-order valence-corrected chi connectivity index (χ4v) is 4.69. The molecule has 0 atom stereocenters. The number of amides is 2. The number of hydrogen-bond donors (Lipinski definition) is 0. The number of benzene rings is 2. The van der Waals surface area contributed by atoms with E-state index in [-0.39, 0.29) is 24.3 Å². The maximum Gasteiger partial charge on any atom is 0.293 e. The molecule has 0 unspecified atom stereocenters. The fraction of sp³-hybridized carbons (Fsp3) is 0.304. The Labute approximate surface area is 205 Å². The smallest absolute Gasteiger partial charge is 0.293 e. The summed E-state index contributed by atoms with van der Waals surface area (Å²) in [5, 5.41) is -0.324. The number of hydrogen-bond acceptors (Lipinski definition) is 7. The van der Waals surface area contributed by atoms with Crippen molar-refractivity contribution in [1.29, 1.82) is 0 Å². The van der Waals surface area contributed by atoms with Gasteiger partial charge in [-0.05, 0) is 84.1 Å². The first-order valence-electron chi connectivity index (χ1n) is 10.1. The average Bonchev–Trinajstić information content (AvgIpc) is 3.04. The highest BCUT2D eigenvalue weighted by Crippen LogP contribution is 2.37. The number of para-hydroxylation sites is 2. The first-order valence-corrected chi connectivity index (χ1v) is 12.0. The maximum absolute atomic E-state index is 12.8. The van der Waals surface area contributed by atoms with Gasteiger partial charge in [-0.25, -0.2) is 0 Å². The number of nitrogens with zero attached hydrogens (tertiary/aromatic N) is 1. The predicted molar refractivity (Wildman–Crippen MR) is 133 cm³/mol. The van der Waals surface area contributed by atoms with E-state index in [1.165, 1.54) is 4.90 Å². The van der Waals surface area contributed by atoms with Crippen LogP contribution >= 0.6 is 34.4 Å². The third kappa shape index (κ3) is 5.69. The van der Waals surface area contributed by atoms with Crippen LogP contribution in [-0.2, 0) is 4.79 Å². The van der Waals surface area contributed by atoms with Crippen LogP contribution in [-0.4, -0.2) is 49.5 Å². The third-order valence-corrected chi connectivity index (χ3v) is 6.14. The van der Waals surface area contributed by atoms with Gasteiger partial charge in [0.05, 0.1) is 35.3 Å². The molecule has 0 bridgehead atoms. The van der Waals surface area contributed by atoms with E-state index in [1.807, 2.05) is 38.1 Å². The number of thioether (sulfide) groups is 1. The quantitative estimate of drug-likeness (QED) is 0.287. The highest BCUT2D eigenvalue weighted by atomic mass is 127. The van der Waals surface area contributed by atoms with Crippen LogP contribution in [0.1, 0.15) is 19.4 Å². The first-order chi connectivity index (χ1) is 15.5. The molecule has 1 aliphatic heterocycles. The summed E-state index contributed by atoms with van der Waals surface area (Å²) in [6.07, 6.45) is 1.70. The number of ether oxygens (including phenoxy) is 4. The van der Waals surface area contributed by atoms with Crippen LogP contribution in [0.3, 0.4) is 0 Å². The van der Waals surface area contributed by atoms with Crippen molar-refractivity contribution in [2.45, 2.75) is 13.8 Å². The Morgan fingerprint density at radius 1 is 1.00 bits per heavy atom. The average molecular weight is 569 g/mol. The second-order valence-electron chi connectivity index (χ2n) is 6.53. The summed E-state index contributed by atoms with van der Waals surface area (Å²) < 4.78 is 23.2. The first kappa shape index (κ1) is 24.2. The molecule has 3 rings (SSSR count). The number of carbonyl (C=O) groups excluding carboxylic acids is 2. The molecule has 2 aromatic carbocycles. The standard InChI is InChI=1S/C23H24INO6S/c1-4-29-19-13-15(12-16(24)21(19)30-5-2)14-20-22(26)25(23(27)32-20)10-11-31-18-9-7-6-8-17(18)28-3/h6-9,12-14H,4-5,10-11H2,1-3H3/b20-14-. The number of halogens is 1. The second kappa shape index (κ2) is 11.5. The van der Waals surface area contributed by atoms with Crippen LogP contribution in [0.15, 0.2) is 41.3 Å². The molecule has 32 heavy (non-hydrogen) atoms. The maximum atomic E-state index is 12.8. The molecular formula is C23H24INO6S. The van der Waals surface area contributed by atoms with Gasteiger partial charge in [0.1, 0.15) is 6.61 Å². The van der Waals surface area contributed by atoms with Crippen molar-refractivity contribution in [3.63, 3.8) is 0 Å². The van der Waals surface area contributed by atoms with Gasteiger partial charge in [-0.1, -0.05) is 12.1 Å². The molecule has 0 N–H and O–H groups in total. The van der Waals surface area contributed by atoms with E-state index in [0.717, 1.165) is 20.9 Å². The van der Waals surface area contributed by atoms with Crippen molar-refractivity contribution in [2.24, 2.45) is 0 Å². The topological polar surface area (TPSA) is 74.3 Å². The van der Waals surface area contributed by atoms with Crippen LogP contribution in [0.2, 0.25) is 0 Å². The van der Waals surface area contributed by atoms with E-state index in [2.05, 4.69) is 22.6 Å². The lowest BCUT2D eigenvalue weighted by molar-refractivity contribution is -0.123. The Morgan fingerprint density at radius 3 is 2.41 bits per heavy atom. The summed E-state index contributed by atoms with van der Waals surface area (Å²) in [5.74, 6) is 2.10. The Balaban J connectivity index is 1.72. The molecule has 1 saturated heterocycles. The molecule has 9 heteroatoms. The van der Waals surface area contributed by atoms with Gasteiger partial charge in [0.2, 0.25) is 0 Å². The zero-order chi connectivity index (χ0) is 23.1. The minimum atomic E-state index is -0.342. The minimum Gasteiger partial charge on any atom is -0.493 e. The SMILES string of the molecule is CCOc1cc(/C=C2\SC(=O)N(CCOc3ccccc3OC)C2=O)cc(I)c1OCC. The molecule has 1 heterocycles. The summed E-state index contributed by atoms with van der Waals surface area (Å²) in [6.45, 7) is 5.13. The van der Waals surface area contributed by atoms with Gasteiger partial charge in [0.15, 0.2) is 23.0 Å². The number of rotatable bonds is 10. The molecule has 2 amide bonds. The molecule has 170 valence electrons. The molecular weight excluding hydrogens is 545 g/mol. The van der Waals surface area contributed by atoms with Crippen LogP contribution in [0, 0.1) is 3.57 Å². The number of methoxy groups -OCH3 is 1. The van der Waals surface area contributed by atoms with E-state index in [0.29, 0.717) is 41.1 Å². The second-order valence-corrected chi connectivity index (χ2v) is 8.68. The van der Waals surface area contributed by atoms with Gasteiger partial charge < -0.3 is 18.9 Å². The van der Waals surface area contributed by atoms with E-state index in [4.69, 9.17) is 18.9 Å². The van der Waals surface area contributed by atoms with Gasteiger partial charge in [0, 0.05) is 0 Å². The van der Waals surface area contributed by atoms with Crippen LogP contribution in [0.5, 0.6) is 23.0 Å². The molecule has 0 aliphatic carbocycles. The summed E-state index contributed by atoms with van der Waals surface area (Å²) in [6, 6.07) is 10.9. The molecule has 1 fully saturated rings. The van der Waals surface area contributed by atoms with Gasteiger partial charge in [-0.2, -0.15) is 0 Å². The lowest BCUT2D eigenvalue weighted by atomic mass is 10.2. The number of carbonyl (C=O) groups is 2. The predicted octanol–water partition coefficient (Wildman–Crippen LogP) is 5.21. The van der Waals surface area contributed by atoms with Crippen molar-refractivity contribution < 1.29 is 28.5 Å². The molecule has 0 aromatic heterocycles. The number of imide groups is 1. The summed E-state index contributed by atoms with van der Waals surface area (Å²) in [5.41, 5.74) is 0.761. The van der Waals surface area contributed by atoms with Crippen LogP contribution in [0.25, 0.3) is 6.08 Å². The molecule has 7 nitrogen and oxygen atoms in total. The zero-order valence-corrected chi connectivity index (χ0v) is 21.0. The van der Waals surface area contributed by atoms with Crippen LogP contribution < -0.4 is 18.9 Å². The summed E-state index contributed by atoms with van der Waals surface area (Å²) >= 11 is 3.09. The zero-order valence-electron chi connectivity index (χ0n) is 18.1. The monoisotopic (exact) mass is 569 g/mol. The summed E-state index contributed by atoms with van der Waals surface area (Å²) in [4.78, 5) is 26.8. The molecule has 0 spiro atoms. The fourth-order valence-electron chi connectivity index (χ4n) is 3.05. The Bertz CT molecular complexity index is 1030. The Morgan fingerprint density at radius 2 is 1.72 bits per heavy atom. The Hall–Kier alpha value is -2.40. The minimum absolute atomic E-state index is 0.144. The van der Waals surface area contributed by atoms with Gasteiger partial charge in [0.25, 0.3) is 11.1 Å². The molecule has 2 aromatic rings. The normalized spacial score (nSPS) is 14.8. The lowest BCUT2D eigenvalue weighted by Crippen LogP contribution is -2.32.